The maximum absolute atomic E-state index is 12.1. The summed E-state index contributed by atoms with van der Waals surface area (Å²) >= 11 is 0. The van der Waals surface area contributed by atoms with Crippen molar-refractivity contribution < 1.29 is 18.8 Å². The van der Waals surface area contributed by atoms with E-state index in [1.807, 2.05) is 54.5 Å². The molecule has 27 heavy (non-hydrogen) atoms. The predicted molar refractivity (Wildman–Crippen MR) is 106 cm³/mol. The number of nitrogens with zero attached hydrogens (tertiary/aromatic N) is 2. The summed E-state index contributed by atoms with van der Waals surface area (Å²) in [7, 11) is 1.14. The lowest BCUT2D eigenvalue weighted by atomic mass is 9.77. The molecule has 9 heteroatoms. The van der Waals surface area contributed by atoms with Crippen LogP contribution in [0, 0.1) is 0 Å². The zero-order valence-corrected chi connectivity index (χ0v) is 17.5. The largest absolute Gasteiger partial charge is 0.492 e. The second-order valence-corrected chi connectivity index (χ2v) is 8.77. The van der Waals surface area contributed by atoms with Crippen LogP contribution in [-0.4, -0.2) is 46.3 Å². The highest BCUT2D eigenvalue weighted by atomic mass is 16.7. The van der Waals surface area contributed by atoms with Gasteiger partial charge in [0, 0.05) is 19.2 Å². The topological polar surface area (TPSA) is 101 Å². The molecule has 1 aromatic heterocycles. The number of carbonyl (C=O) groups excluding carboxylic acids is 1. The lowest BCUT2D eigenvalue weighted by Crippen LogP contribution is -2.41. The molecule has 0 unspecified atom stereocenters. The third-order valence-electron chi connectivity index (χ3n) is 4.75. The first kappa shape index (κ1) is 21.3. The Kier molecular flexibility index (Phi) is 5.68. The van der Waals surface area contributed by atoms with Crippen LogP contribution >= 0.6 is 0 Å². The molecule has 0 saturated carbocycles. The van der Waals surface area contributed by atoms with Crippen molar-refractivity contribution in [3.05, 3.63) is 17.2 Å². The summed E-state index contributed by atoms with van der Waals surface area (Å²) in [5.41, 5.74) is 5.94. The number of amides is 1. The van der Waals surface area contributed by atoms with Crippen LogP contribution in [0.4, 0.5) is 10.6 Å². The lowest BCUT2D eigenvalue weighted by molar-refractivity contribution is 0.00578. The SMILES string of the molecule is Cn1ncc(C=C(CNC(=O)OC(C)(C)C)B2OC(C)(C)C(C)(C)O2)c1N. The number of nitrogens with one attached hydrogen (secondary N) is 1. The number of rotatable bonds is 4. The van der Waals surface area contributed by atoms with Gasteiger partial charge in [0.15, 0.2) is 0 Å². The molecule has 1 aliphatic rings. The van der Waals surface area contributed by atoms with Gasteiger partial charge in [0.25, 0.3) is 0 Å². The fraction of sp³-hybridized carbons (Fsp3) is 0.667. The molecule has 1 amide bonds. The van der Waals surface area contributed by atoms with E-state index >= 15 is 0 Å². The van der Waals surface area contributed by atoms with Gasteiger partial charge in [0.2, 0.25) is 0 Å². The van der Waals surface area contributed by atoms with Gasteiger partial charge in [-0.1, -0.05) is 6.08 Å². The molecular weight excluding hydrogens is 347 g/mol. The van der Waals surface area contributed by atoms with Crippen LogP contribution < -0.4 is 11.1 Å². The third kappa shape index (κ3) is 5.04. The van der Waals surface area contributed by atoms with E-state index in [2.05, 4.69) is 10.4 Å². The van der Waals surface area contributed by atoms with Crippen LogP contribution in [0.2, 0.25) is 0 Å². The molecule has 1 aliphatic heterocycles. The fourth-order valence-corrected chi connectivity index (χ4v) is 2.46. The maximum Gasteiger partial charge on any atom is 0.492 e. The number of nitrogen functional groups attached to an aromatic ring is 1. The molecule has 150 valence electrons. The van der Waals surface area contributed by atoms with Gasteiger partial charge in [-0.2, -0.15) is 5.10 Å². The summed E-state index contributed by atoms with van der Waals surface area (Å²) in [6.07, 6.45) is 2.99. The quantitative estimate of drug-likeness (QED) is 0.781. The standard InChI is InChI=1S/C18H31BN4O4/c1-16(2,3)25-15(24)21-11-13(9-12-10-22-23(8)14(12)20)19-26-17(4,5)18(6,7)27-19/h9-10H,11,20H2,1-8H3,(H,21,24). The van der Waals surface area contributed by atoms with Gasteiger partial charge >= 0.3 is 13.2 Å². The number of hydrogen-bond donors (Lipinski definition) is 2. The highest BCUT2D eigenvalue weighted by Gasteiger charge is 2.52. The van der Waals surface area contributed by atoms with Crippen molar-refractivity contribution in [1.82, 2.24) is 15.1 Å². The Morgan fingerprint density at radius 2 is 1.89 bits per heavy atom. The number of aromatic nitrogens is 2. The van der Waals surface area contributed by atoms with E-state index in [1.54, 1.807) is 17.9 Å². The van der Waals surface area contributed by atoms with Crippen molar-refractivity contribution >= 4 is 25.1 Å². The van der Waals surface area contributed by atoms with E-state index in [-0.39, 0.29) is 6.54 Å². The Balaban J connectivity index is 2.25. The van der Waals surface area contributed by atoms with E-state index in [0.717, 1.165) is 11.0 Å². The maximum atomic E-state index is 12.1. The average molecular weight is 378 g/mol. The molecule has 3 N–H and O–H groups in total. The molecule has 0 atom stereocenters. The first-order valence-corrected chi connectivity index (χ1v) is 9.02. The zero-order chi connectivity index (χ0) is 20.6. The molecular formula is C18H31BN4O4. The van der Waals surface area contributed by atoms with Crippen molar-refractivity contribution in [3.8, 4) is 0 Å². The Hall–Kier alpha value is -2.00. The van der Waals surface area contributed by atoms with Crippen molar-refractivity contribution in [2.75, 3.05) is 12.3 Å². The molecule has 1 fully saturated rings. The van der Waals surface area contributed by atoms with Crippen molar-refractivity contribution in [3.63, 3.8) is 0 Å². The number of anilines is 1. The van der Waals surface area contributed by atoms with Gasteiger partial charge < -0.3 is 25.1 Å². The number of ether oxygens (including phenoxy) is 1. The Labute approximate surface area is 161 Å². The summed E-state index contributed by atoms with van der Waals surface area (Å²) in [5.74, 6) is 0.515. The van der Waals surface area contributed by atoms with Crippen LogP contribution in [0.25, 0.3) is 6.08 Å². The summed E-state index contributed by atoms with van der Waals surface area (Å²) < 4.78 is 19.1. The minimum atomic E-state index is -0.621. The molecule has 0 radical (unpaired) electrons. The smallest absolute Gasteiger partial charge is 0.444 e. The number of carbonyl (C=O) groups is 1. The Bertz CT molecular complexity index is 718. The van der Waals surface area contributed by atoms with Gasteiger partial charge in [-0.15, -0.1) is 0 Å². The number of aryl methyl sites for hydroxylation is 1. The van der Waals surface area contributed by atoms with Gasteiger partial charge in [-0.3, -0.25) is 4.68 Å². The second-order valence-electron chi connectivity index (χ2n) is 8.77. The summed E-state index contributed by atoms with van der Waals surface area (Å²) in [6, 6.07) is 0. The molecule has 0 aliphatic carbocycles. The van der Waals surface area contributed by atoms with E-state index in [0.29, 0.717) is 5.82 Å². The molecule has 2 rings (SSSR count). The molecule has 8 nitrogen and oxygen atoms in total. The van der Waals surface area contributed by atoms with Crippen LogP contribution in [0.15, 0.2) is 11.7 Å². The van der Waals surface area contributed by atoms with E-state index in [9.17, 15) is 4.79 Å². The van der Waals surface area contributed by atoms with Gasteiger partial charge in [0.05, 0.1) is 17.4 Å². The van der Waals surface area contributed by atoms with Gasteiger partial charge in [-0.25, -0.2) is 4.79 Å². The minimum Gasteiger partial charge on any atom is -0.444 e. The second kappa shape index (κ2) is 7.20. The predicted octanol–water partition coefficient (Wildman–Crippen LogP) is 2.54. The summed E-state index contributed by atoms with van der Waals surface area (Å²) in [5, 5.41) is 6.91. The monoisotopic (exact) mass is 378 g/mol. The van der Waals surface area contributed by atoms with Crippen molar-refractivity contribution in [1.29, 1.82) is 0 Å². The molecule has 1 aromatic rings. The number of alkyl carbamates (subject to hydrolysis) is 1. The fourth-order valence-electron chi connectivity index (χ4n) is 2.46. The first-order valence-electron chi connectivity index (χ1n) is 9.02. The normalized spacial score (nSPS) is 19.3. The van der Waals surface area contributed by atoms with Crippen LogP contribution in [0.3, 0.4) is 0 Å². The van der Waals surface area contributed by atoms with Gasteiger partial charge in [-0.05, 0) is 53.9 Å². The molecule has 0 aromatic carbocycles. The van der Waals surface area contributed by atoms with Gasteiger partial charge in [0.1, 0.15) is 11.4 Å². The molecule has 0 spiro atoms. The van der Waals surface area contributed by atoms with Crippen LogP contribution in [0.1, 0.15) is 54.0 Å². The highest BCUT2D eigenvalue weighted by molar-refractivity contribution is 6.56. The van der Waals surface area contributed by atoms with E-state index in [1.165, 1.54) is 0 Å². The Morgan fingerprint density at radius 1 is 1.33 bits per heavy atom. The van der Waals surface area contributed by atoms with E-state index in [4.69, 9.17) is 19.8 Å². The first-order chi connectivity index (χ1) is 12.2. The minimum absolute atomic E-state index is 0.195. The van der Waals surface area contributed by atoms with Crippen LogP contribution in [0.5, 0.6) is 0 Å². The molecule has 1 saturated heterocycles. The summed E-state index contributed by atoms with van der Waals surface area (Å²) in [6.45, 7) is 13.5. The lowest BCUT2D eigenvalue weighted by Gasteiger charge is -2.32. The number of nitrogens with two attached hydrogens (primary N) is 1. The van der Waals surface area contributed by atoms with Crippen molar-refractivity contribution in [2.24, 2.45) is 7.05 Å². The van der Waals surface area contributed by atoms with Crippen LogP contribution in [-0.2, 0) is 21.1 Å². The Morgan fingerprint density at radius 3 is 2.33 bits per heavy atom. The summed E-state index contributed by atoms with van der Waals surface area (Å²) in [4.78, 5) is 12.1. The van der Waals surface area contributed by atoms with Crippen molar-refractivity contribution in [2.45, 2.75) is 65.3 Å². The van der Waals surface area contributed by atoms with E-state index < -0.39 is 30.0 Å². The highest BCUT2D eigenvalue weighted by Crippen LogP contribution is 2.38. The average Bonchev–Trinajstić information content (AvgIpc) is 2.90. The third-order valence-corrected chi connectivity index (χ3v) is 4.75. The molecule has 2 heterocycles. The zero-order valence-electron chi connectivity index (χ0n) is 17.5. The molecule has 0 bridgehead atoms. The number of hydrogen-bond acceptors (Lipinski definition) is 6.